The van der Waals surface area contributed by atoms with Crippen molar-refractivity contribution >= 4 is 11.3 Å². The lowest BCUT2D eigenvalue weighted by molar-refractivity contribution is 0.509. The van der Waals surface area contributed by atoms with Gasteiger partial charge < -0.3 is 5.32 Å². The zero-order chi connectivity index (χ0) is 14.8. The minimum atomic E-state index is -0.818. The molecule has 1 aliphatic carbocycles. The van der Waals surface area contributed by atoms with E-state index in [1.54, 1.807) is 17.4 Å². The molecule has 0 bridgehead atoms. The fourth-order valence-electron chi connectivity index (χ4n) is 2.30. The summed E-state index contributed by atoms with van der Waals surface area (Å²) in [7, 11) is 0. The molecule has 0 unspecified atom stereocenters. The zero-order valence-electron chi connectivity index (χ0n) is 12.0. The van der Waals surface area contributed by atoms with Crippen LogP contribution < -0.4 is 5.32 Å². The highest BCUT2D eigenvalue weighted by molar-refractivity contribution is 7.15. The van der Waals surface area contributed by atoms with Gasteiger partial charge in [0.25, 0.3) is 0 Å². The third-order valence-corrected chi connectivity index (χ3v) is 4.69. The van der Waals surface area contributed by atoms with Gasteiger partial charge in [-0.15, -0.1) is 11.3 Å². The first-order valence-corrected chi connectivity index (χ1v) is 8.16. The van der Waals surface area contributed by atoms with Crippen molar-refractivity contribution in [3.05, 3.63) is 40.4 Å². The average Bonchev–Trinajstić information content (AvgIpc) is 3.23. The van der Waals surface area contributed by atoms with E-state index < -0.39 is 11.6 Å². The molecule has 0 radical (unpaired) electrons. The summed E-state index contributed by atoms with van der Waals surface area (Å²) in [6.45, 7) is 3.91. The number of aromatic nitrogens is 1. The van der Waals surface area contributed by atoms with Crippen molar-refractivity contribution < 1.29 is 8.78 Å². The van der Waals surface area contributed by atoms with Gasteiger partial charge in [0.2, 0.25) is 0 Å². The largest absolute Gasteiger partial charge is 0.312 e. The number of nitrogens with zero attached hydrogens (tertiary/aromatic N) is 1. The number of benzene rings is 1. The highest BCUT2D eigenvalue weighted by Gasteiger charge is 2.29. The monoisotopic (exact) mass is 308 g/mol. The van der Waals surface area contributed by atoms with Crippen LogP contribution in [0.4, 0.5) is 8.78 Å². The van der Waals surface area contributed by atoms with E-state index in [2.05, 4.69) is 17.2 Å². The molecule has 0 saturated heterocycles. The first-order chi connectivity index (χ1) is 10.2. The molecule has 0 spiro atoms. The maximum absolute atomic E-state index is 13.4. The predicted molar refractivity (Wildman–Crippen MR) is 81.4 cm³/mol. The number of rotatable bonds is 6. The first-order valence-electron chi connectivity index (χ1n) is 7.34. The third kappa shape index (κ3) is 3.30. The molecule has 1 heterocycles. The van der Waals surface area contributed by atoms with E-state index in [9.17, 15) is 8.78 Å². The van der Waals surface area contributed by atoms with E-state index in [0.717, 1.165) is 36.3 Å². The summed E-state index contributed by atoms with van der Waals surface area (Å²) < 4.78 is 26.4. The van der Waals surface area contributed by atoms with E-state index in [1.807, 2.05) is 0 Å². The van der Waals surface area contributed by atoms with Crippen LogP contribution in [-0.2, 0) is 6.54 Å². The highest BCUT2D eigenvalue weighted by Crippen LogP contribution is 2.44. The van der Waals surface area contributed by atoms with Crippen molar-refractivity contribution in [1.29, 1.82) is 0 Å². The quantitative estimate of drug-likeness (QED) is 0.797. The molecule has 5 heteroatoms. The Kier molecular flexibility index (Phi) is 4.31. The van der Waals surface area contributed by atoms with Crippen molar-refractivity contribution in [3.8, 4) is 10.6 Å². The fourth-order valence-corrected chi connectivity index (χ4v) is 3.41. The summed E-state index contributed by atoms with van der Waals surface area (Å²) in [5.41, 5.74) is 1.80. The Hall–Kier alpha value is -1.33. The number of hydrogen-bond acceptors (Lipinski definition) is 3. The molecule has 1 aliphatic rings. The van der Waals surface area contributed by atoms with Crippen molar-refractivity contribution in [1.82, 2.24) is 10.3 Å². The molecule has 2 aromatic rings. The van der Waals surface area contributed by atoms with Crippen LogP contribution in [0.3, 0.4) is 0 Å². The molecule has 3 rings (SSSR count). The van der Waals surface area contributed by atoms with Crippen LogP contribution in [0.5, 0.6) is 0 Å². The summed E-state index contributed by atoms with van der Waals surface area (Å²) in [4.78, 5) is 5.91. The smallest absolute Gasteiger partial charge is 0.159 e. The molecule has 21 heavy (non-hydrogen) atoms. The number of nitrogens with one attached hydrogen (secondary N) is 1. The Morgan fingerprint density at radius 3 is 2.76 bits per heavy atom. The van der Waals surface area contributed by atoms with Gasteiger partial charge in [0.05, 0.1) is 5.69 Å². The molecule has 1 aromatic carbocycles. The topological polar surface area (TPSA) is 24.9 Å². The van der Waals surface area contributed by atoms with Crippen LogP contribution in [0.1, 0.15) is 42.7 Å². The zero-order valence-corrected chi connectivity index (χ0v) is 12.8. The van der Waals surface area contributed by atoms with Crippen molar-refractivity contribution in [3.63, 3.8) is 0 Å². The van der Waals surface area contributed by atoms with Gasteiger partial charge in [-0.3, -0.25) is 0 Å². The van der Waals surface area contributed by atoms with Crippen LogP contribution in [-0.4, -0.2) is 11.5 Å². The predicted octanol–water partition coefficient (Wildman–Crippen LogP) is 4.47. The number of thiazole rings is 1. The minimum absolute atomic E-state index is 0.554. The van der Waals surface area contributed by atoms with Gasteiger partial charge in [0.1, 0.15) is 5.01 Å². The Morgan fingerprint density at radius 2 is 2.10 bits per heavy atom. The lowest BCUT2D eigenvalue weighted by atomic mass is 10.2. The van der Waals surface area contributed by atoms with Crippen LogP contribution in [0.15, 0.2) is 18.2 Å². The van der Waals surface area contributed by atoms with Crippen LogP contribution in [0.25, 0.3) is 10.6 Å². The highest BCUT2D eigenvalue weighted by atomic mass is 32.1. The van der Waals surface area contributed by atoms with E-state index in [1.165, 1.54) is 23.8 Å². The van der Waals surface area contributed by atoms with E-state index in [4.69, 9.17) is 0 Å². The van der Waals surface area contributed by atoms with Crippen molar-refractivity contribution in [2.45, 2.75) is 38.6 Å². The van der Waals surface area contributed by atoms with Gasteiger partial charge in [-0.05, 0) is 44.0 Å². The second-order valence-electron chi connectivity index (χ2n) is 5.41. The second-order valence-corrected chi connectivity index (χ2v) is 6.49. The molecule has 1 aromatic heterocycles. The minimum Gasteiger partial charge on any atom is -0.312 e. The van der Waals surface area contributed by atoms with Crippen molar-refractivity contribution in [2.75, 3.05) is 6.54 Å². The maximum Gasteiger partial charge on any atom is 0.159 e. The molecule has 2 nitrogen and oxygen atoms in total. The molecule has 0 amide bonds. The van der Waals surface area contributed by atoms with E-state index in [0.29, 0.717) is 11.5 Å². The summed E-state index contributed by atoms with van der Waals surface area (Å²) in [5.74, 6) is -1.08. The Morgan fingerprint density at radius 1 is 1.29 bits per heavy atom. The van der Waals surface area contributed by atoms with Crippen molar-refractivity contribution in [2.24, 2.45) is 0 Å². The molecule has 1 fully saturated rings. The Balaban J connectivity index is 1.88. The van der Waals surface area contributed by atoms with Gasteiger partial charge in [-0.1, -0.05) is 6.92 Å². The lowest BCUT2D eigenvalue weighted by Gasteiger charge is -2.01. The van der Waals surface area contributed by atoms with Gasteiger partial charge in [0, 0.05) is 22.9 Å². The standard InChI is InChI=1S/C16H18F2N2S/c1-2-7-19-9-14-15(10-3-4-10)20-16(21-14)11-5-6-12(17)13(18)8-11/h5-6,8,10,19H,2-4,7,9H2,1H3. The van der Waals surface area contributed by atoms with Gasteiger partial charge in [-0.2, -0.15) is 0 Å². The van der Waals surface area contributed by atoms with Gasteiger partial charge >= 0.3 is 0 Å². The van der Waals surface area contributed by atoms with Crippen LogP contribution in [0, 0.1) is 11.6 Å². The number of hydrogen-bond donors (Lipinski definition) is 1. The lowest BCUT2D eigenvalue weighted by Crippen LogP contribution is -2.13. The summed E-state index contributed by atoms with van der Waals surface area (Å²) in [5, 5.41) is 4.18. The summed E-state index contributed by atoms with van der Waals surface area (Å²) in [6, 6.07) is 3.99. The van der Waals surface area contributed by atoms with E-state index >= 15 is 0 Å². The van der Waals surface area contributed by atoms with Gasteiger partial charge in [-0.25, -0.2) is 13.8 Å². The molecular formula is C16H18F2N2S. The fraction of sp³-hybridized carbons (Fsp3) is 0.438. The van der Waals surface area contributed by atoms with Crippen LogP contribution in [0.2, 0.25) is 0 Å². The molecule has 0 aliphatic heterocycles. The molecular weight excluding hydrogens is 290 g/mol. The Labute approximate surface area is 127 Å². The summed E-state index contributed by atoms with van der Waals surface area (Å²) in [6.07, 6.45) is 3.46. The van der Waals surface area contributed by atoms with Gasteiger partial charge in [0.15, 0.2) is 11.6 Å². The molecule has 0 atom stereocenters. The van der Waals surface area contributed by atoms with E-state index in [-0.39, 0.29) is 0 Å². The molecule has 1 saturated carbocycles. The Bertz CT molecular complexity index is 635. The normalized spacial score (nSPS) is 14.6. The second kappa shape index (κ2) is 6.20. The molecule has 112 valence electrons. The van der Waals surface area contributed by atoms with Crippen LogP contribution >= 0.6 is 11.3 Å². The third-order valence-electron chi connectivity index (χ3n) is 3.57. The maximum atomic E-state index is 13.4. The number of halogens is 2. The summed E-state index contributed by atoms with van der Waals surface area (Å²) >= 11 is 1.58. The SMILES string of the molecule is CCCNCc1sc(-c2ccc(F)c(F)c2)nc1C1CC1. The molecule has 1 N–H and O–H groups in total. The first kappa shape index (κ1) is 14.6. The average molecular weight is 308 g/mol.